The molecule has 2 rings (SSSR count). The highest BCUT2D eigenvalue weighted by Crippen LogP contribution is 2.38. The highest BCUT2D eigenvalue weighted by Gasteiger charge is 2.43. The number of nitrogens with zero attached hydrogens (tertiary/aromatic N) is 1. The normalized spacial score (nSPS) is 28.0. The number of hydrogen-bond donors (Lipinski definition) is 1. The number of carbonyl (C=O) groups is 1. The molecule has 0 bridgehead atoms. The van der Waals surface area contributed by atoms with Crippen molar-refractivity contribution in [2.24, 2.45) is 0 Å². The van der Waals surface area contributed by atoms with E-state index in [9.17, 15) is 13.2 Å². The average Bonchev–Trinajstić information content (AvgIpc) is 2.66. The van der Waals surface area contributed by atoms with E-state index in [1.165, 1.54) is 0 Å². The van der Waals surface area contributed by atoms with Gasteiger partial charge in [0.05, 0.1) is 17.9 Å². The number of carboxylic acid groups (broad SMARTS) is 1. The lowest BCUT2D eigenvalue weighted by Gasteiger charge is -2.42. The van der Waals surface area contributed by atoms with Crippen LogP contribution in [0.1, 0.15) is 32.1 Å². The van der Waals surface area contributed by atoms with Crippen LogP contribution in [0.4, 0.5) is 0 Å². The molecular formula is C11H19NO4S. The number of rotatable bonds is 3. The van der Waals surface area contributed by atoms with Gasteiger partial charge >= 0.3 is 5.97 Å². The van der Waals surface area contributed by atoms with Crippen LogP contribution in [-0.4, -0.2) is 54.5 Å². The summed E-state index contributed by atoms with van der Waals surface area (Å²) in [4.78, 5) is 13.1. The van der Waals surface area contributed by atoms with Crippen LogP contribution in [0.5, 0.6) is 0 Å². The molecule has 2 aliphatic rings. The van der Waals surface area contributed by atoms with Crippen LogP contribution in [0, 0.1) is 0 Å². The molecule has 0 aromatic carbocycles. The zero-order valence-electron chi connectivity index (χ0n) is 9.89. The Kier molecular flexibility index (Phi) is 3.45. The lowest BCUT2D eigenvalue weighted by Crippen LogP contribution is -2.54. The van der Waals surface area contributed by atoms with Crippen LogP contribution in [-0.2, 0) is 14.6 Å². The van der Waals surface area contributed by atoms with Gasteiger partial charge in [-0.1, -0.05) is 12.8 Å². The highest BCUT2D eigenvalue weighted by atomic mass is 32.2. The molecule has 5 nitrogen and oxygen atoms in total. The van der Waals surface area contributed by atoms with Gasteiger partial charge in [-0.3, -0.25) is 9.69 Å². The van der Waals surface area contributed by atoms with E-state index in [1.807, 2.05) is 0 Å². The summed E-state index contributed by atoms with van der Waals surface area (Å²) in [6.45, 7) is 0.991. The third-order valence-corrected chi connectivity index (χ3v) is 5.64. The van der Waals surface area contributed by atoms with Gasteiger partial charge in [0, 0.05) is 18.6 Å². The van der Waals surface area contributed by atoms with Crippen molar-refractivity contribution in [3.8, 4) is 0 Å². The molecular weight excluding hydrogens is 242 g/mol. The van der Waals surface area contributed by atoms with Gasteiger partial charge in [-0.2, -0.15) is 0 Å². The molecule has 0 aromatic heterocycles. The summed E-state index contributed by atoms with van der Waals surface area (Å²) < 4.78 is 22.8. The van der Waals surface area contributed by atoms with Gasteiger partial charge in [-0.05, 0) is 12.8 Å². The van der Waals surface area contributed by atoms with Crippen molar-refractivity contribution < 1.29 is 18.3 Å². The Morgan fingerprint density at radius 1 is 1.18 bits per heavy atom. The zero-order valence-corrected chi connectivity index (χ0v) is 10.7. The number of sulfone groups is 1. The zero-order chi connectivity index (χ0) is 12.5. The Labute approximate surface area is 102 Å². The molecule has 0 spiro atoms. The van der Waals surface area contributed by atoms with E-state index in [2.05, 4.69) is 4.90 Å². The molecule has 1 heterocycles. The molecule has 6 heteroatoms. The second kappa shape index (κ2) is 4.57. The molecule has 0 aromatic rings. The van der Waals surface area contributed by atoms with E-state index in [0.717, 1.165) is 25.7 Å². The smallest absolute Gasteiger partial charge is 0.305 e. The fourth-order valence-electron chi connectivity index (χ4n) is 3.11. The Bertz CT molecular complexity index is 384. The molecule has 0 amide bonds. The molecule has 2 fully saturated rings. The van der Waals surface area contributed by atoms with Gasteiger partial charge in [0.1, 0.15) is 0 Å². The molecule has 17 heavy (non-hydrogen) atoms. The van der Waals surface area contributed by atoms with E-state index in [1.54, 1.807) is 0 Å². The van der Waals surface area contributed by atoms with Crippen molar-refractivity contribution in [3.63, 3.8) is 0 Å². The maximum Gasteiger partial charge on any atom is 0.305 e. The van der Waals surface area contributed by atoms with Crippen LogP contribution < -0.4 is 0 Å². The SMILES string of the molecule is O=C(O)CC1(N2CCS(=O)(=O)CC2)CCCC1. The minimum absolute atomic E-state index is 0.146. The number of aliphatic carboxylic acids is 1. The van der Waals surface area contributed by atoms with E-state index in [0.29, 0.717) is 13.1 Å². The maximum absolute atomic E-state index is 11.4. The van der Waals surface area contributed by atoms with Crippen molar-refractivity contribution in [2.75, 3.05) is 24.6 Å². The van der Waals surface area contributed by atoms with Gasteiger partial charge in [-0.25, -0.2) is 8.42 Å². The van der Waals surface area contributed by atoms with E-state index >= 15 is 0 Å². The lowest BCUT2D eigenvalue weighted by molar-refractivity contribution is -0.140. The minimum Gasteiger partial charge on any atom is -0.481 e. The molecule has 0 atom stereocenters. The fraction of sp³-hybridized carbons (Fsp3) is 0.909. The average molecular weight is 261 g/mol. The molecule has 1 aliphatic carbocycles. The first-order valence-electron chi connectivity index (χ1n) is 6.11. The van der Waals surface area contributed by atoms with Gasteiger partial charge in [0.15, 0.2) is 9.84 Å². The first kappa shape index (κ1) is 12.8. The van der Waals surface area contributed by atoms with Gasteiger partial charge in [-0.15, -0.1) is 0 Å². The first-order valence-corrected chi connectivity index (χ1v) is 7.93. The predicted molar refractivity (Wildman–Crippen MR) is 63.7 cm³/mol. The number of carboxylic acids is 1. The largest absolute Gasteiger partial charge is 0.481 e. The topological polar surface area (TPSA) is 74.7 Å². The second-order valence-corrected chi connectivity index (χ2v) is 7.44. The third-order valence-electron chi connectivity index (χ3n) is 4.03. The van der Waals surface area contributed by atoms with Crippen LogP contribution in [0.15, 0.2) is 0 Å². The molecule has 1 aliphatic heterocycles. The van der Waals surface area contributed by atoms with Crippen molar-refractivity contribution in [1.29, 1.82) is 0 Å². The minimum atomic E-state index is -2.89. The molecule has 0 radical (unpaired) electrons. The summed E-state index contributed by atoms with van der Waals surface area (Å²) >= 11 is 0. The Balaban J connectivity index is 2.10. The summed E-state index contributed by atoms with van der Waals surface area (Å²) in [7, 11) is -2.89. The van der Waals surface area contributed by atoms with Crippen LogP contribution in [0.2, 0.25) is 0 Å². The van der Waals surface area contributed by atoms with Crippen LogP contribution in [0.25, 0.3) is 0 Å². The van der Waals surface area contributed by atoms with Gasteiger partial charge < -0.3 is 5.11 Å². The first-order chi connectivity index (χ1) is 7.94. The molecule has 1 saturated heterocycles. The predicted octanol–water partition coefficient (Wildman–Crippen LogP) is 0.504. The Hall–Kier alpha value is -0.620. The summed E-state index contributed by atoms with van der Waals surface area (Å²) in [5.41, 5.74) is -0.276. The Morgan fingerprint density at radius 2 is 1.71 bits per heavy atom. The van der Waals surface area contributed by atoms with Crippen LogP contribution in [0.3, 0.4) is 0 Å². The summed E-state index contributed by atoms with van der Waals surface area (Å²) in [5.74, 6) is -0.428. The molecule has 1 N–H and O–H groups in total. The van der Waals surface area contributed by atoms with Crippen LogP contribution >= 0.6 is 0 Å². The molecule has 98 valence electrons. The monoisotopic (exact) mass is 261 g/mol. The summed E-state index contributed by atoms with van der Waals surface area (Å²) in [6, 6.07) is 0. The van der Waals surface area contributed by atoms with Gasteiger partial charge in [0.2, 0.25) is 0 Å². The van der Waals surface area contributed by atoms with E-state index in [4.69, 9.17) is 5.11 Å². The lowest BCUT2D eigenvalue weighted by atomic mass is 9.91. The molecule has 0 unspecified atom stereocenters. The van der Waals surface area contributed by atoms with Crippen molar-refractivity contribution in [1.82, 2.24) is 4.90 Å². The number of hydrogen-bond acceptors (Lipinski definition) is 4. The van der Waals surface area contributed by atoms with Crippen molar-refractivity contribution in [3.05, 3.63) is 0 Å². The van der Waals surface area contributed by atoms with E-state index < -0.39 is 15.8 Å². The molecule has 1 saturated carbocycles. The fourth-order valence-corrected chi connectivity index (χ4v) is 4.31. The summed E-state index contributed by atoms with van der Waals surface area (Å²) in [6.07, 6.45) is 4.03. The van der Waals surface area contributed by atoms with E-state index in [-0.39, 0.29) is 23.5 Å². The third kappa shape index (κ3) is 2.80. The second-order valence-electron chi connectivity index (χ2n) is 5.14. The van der Waals surface area contributed by atoms with Crippen molar-refractivity contribution in [2.45, 2.75) is 37.6 Å². The van der Waals surface area contributed by atoms with Gasteiger partial charge in [0.25, 0.3) is 0 Å². The highest BCUT2D eigenvalue weighted by molar-refractivity contribution is 7.91. The Morgan fingerprint density at radius 3 is 2.18 bits per heavy atom. The quantitative estimate of drug-likeness (QED) is 0.801. The van der Waals surface area contributed by atoms with Crippen molar-refractivity contribution >= 4 is 15.8 Å². The standard InChI is InChI=1S/C11H19NO4S/c13-10(14)9-11(3-1-2-4-11)12-5-7-17(15,16)8-6-12/h1-9H2,(H,13,14). The summed E-state index contributed by atoms with van der Waals surface area (Å²) in [5, 5.41) is 9.03. The maximum atomic E-state index is 11.4.